The third-order valence-corrected chi connectivity index (χ3v) is 3.77. The summed E-state index contributed by atoms with van der Waals surface area (Å²) in [6.07, 6.45) is 3.75. The SMILES string of the molecule is CC1=CC[C@H]2[C@H](C1)[C@@H](O)[C@@H]1OC[C@H]2O1. The molecule has 3 aliphatic rings. The van der Waals surface area contributed by atoms with Crippen LogP contribution in [0.25, 0.3) is 0 Å². The Morgan fingerprint density at radius 1 is 1.43 bits per heavy atom. The van der Waals surface area contributed by atoms with E-state index in [1.54, 1.807) is 0 Å². The molecule has 0 aromatic rings. The quantitative estimate of drug-likeness (QED) is 0.589. The molecule has 5 atom stereocenters. The summed E-state index contributed by atoms with van der Waals surface area (Å²) in [5, 5.41) is 10.0. The fourth-order valence-electron chi connectivity index (χ4n) is 2.97. The molecule has 78 valence electrons. The van der Waals surface area contributed by atoms with E-state index in [0.717, 1.165) is 12.8 Å². The molecular formula is C11H16O3. The van der Waals surface area contributed by atoms with Crippen molar-refractivity contribution in [3.8, 4) is 0 Å². The molecule has 0 radical (unpaired) electrons. The lowest BCUT2D eigenvalue weighted by Gasteiger charge is -2.41. The number of rotatable bonds is 0. The van der Waals surface area contributed by atoms with Gasteiger partial charge in [0.05, 0.1) is 12.7 Å². The highest BCUT2D eigenvalue weighted by molar-refractivity contribution is 5.10. The molecule has 1 N–H and O–H groups in total. The van der Waals surface area contributed by atoms with Crippen LogP contribution in [0.5, 0.6) is 0 Å². The molecule has 3 heteroatoms. The maximum atomic E-state index is 10.0. The molecule has 0 aromatic carbocycles. The molecule has 14 heavy (non-hydrogen) atoms. The topological polar surface area (TPSA) is 38.7 Å². The molecule has 2 bridgehead atoms. The number of aliphatic hydroxyl groups is 1. The summed E-state index contributed by atoms with van der Waals surface area (Å²) in [6, 6.07) is 0. The molecule has 2 fully saturated rings. The minimum atomic E-state index is -0.428. The Hall–Kier alpha value is -0.380. The lowest BCUT2D eigenvalue weighted by Crippen LogP contribution is -2.47. The summed E-state index contributed by atoms with van der Waals surface area (Å²) in [4.78, 5) is 0. The van der Waals surface area contributed by atoms with Gasteiger partial charge in [0.2, 0.25) is 0 Å². The van der Waals surface area contributed by atoms with Crippen LogP contribution in [0.2, 0.25) is 0 Å². The third kappa shape index (κ3) is 1.16. The van der Waals surface area contributed by atoms with E-state index in [4.69, 9.17) is 9.47 Å². The Morgan fingerprint density at radius 2 is 2.29 bits per heavy atom. The van der Waals surface area contributed by atoms with E-state index in [1.165, 1.54) is 5.57 Å². The Kier molecular flexibility index (Phi) is 1.94. The molecule has 2 heterocycles. The van der Waals surface area contributed by atoms with Gasteiger partial charge in [-0.25, -0.2) is 0 Å². The summed E-state index contributed by atoms with van der Waals surface area (Å²) >= 11 is 0. The van der Waals surface area contributed by atoms with Crippen LogP contribution in [0.3, 0.4) is 0 Å². The lowest BCUT2D eigenvalue weighted by atomic mass is 9.73. The smallest absolute Gasteiger partial charge is 0.184 e. The van der Waals surface area contributed by atoms with E-state index in [1.807, 2.05) is 0 Å². The largest absolute Gasteiger partial charge is 0.388 e. The van der Waals surface area contributed by atoms with Crippen LogP contribution in [-0.4, -0.2) is 30.2 Å². The van der Waals surface area contributed by atoms with E-state index in [9.17, 15) is 5.11 Å². The van der Waals surface area contributed by atoms with Gasteiger partial charge in [0.25, 0.3) is 0 Å². The molecule has 3 nitrogen and oxygen atoms in total. The number of aliphatic hydroxyl groups excluding tert-OH is 1. The second kappa shape index (κ2) is 3.05. The van der Waals surface area contributed by atoms with Gasteiger partial charge in [-0.3, -0.25) is 0 Å². The zero-order valence-corrected chi connectivity index (χ0v) is 8.35. The number of fused-ring (bicyclic) bond motifs is 4. The first-order valence-electron chi connectivity index (χ1n) is 5.36. The average Bonchev–Trinajstić information content (AvgIpc) is 2.61. The standard InChI is InChI=1S/C11H16O3/c1-6-2-3-7-8(4-6)10(12)11-13-5-9(7)14-11/h2,7-12H,3-5H2,1H3/t7-,8-,9+,10+,11+/m0/s1. The van der Waals surface area contributed by atoms with Gasteiger partial charge >= 0.3 is 0 Å². The van der Waals surface area contributed by atoms with Gasteiger partial charge in [0, 0.05) is 0 Å². The molecular weight excluding hydrogens is 180 g/mol. The second-order valence-electron chi connectivity index (χ2n) is 4.68. The van der Waals surface area contributed by atoms with Gasteiger partial charge in [-0.05, 0) is 31.6 Å². The van der Waals surface area contributed by atoms with Crippen molar-refractivity contribution in [3.05, 3.63) is 11.6 Å². The highest BCUT2D eigenvalue weighted by Crippen LogP contribution is 2.43. The van der Waals surface area contributed by atoms with Crippen LogP contribution in [-0.2, 0) is 9.47 Å². The minimum absolute atomic E-state index is 0.220. The Balaban J connectivity index is 1.89. The average molecular weight is 196 g/mol. The van der Waals surface area contributed by atoms with Crippen molar-refractivity contribution in [2.45, 2.75) is 38.3 Å². The summed E-state index contributed by atoms with van der Waals surface area (Å²) in [5.41, 5.74) is 1.40. The summed E-state index contributed by atoms with van der Waals surface area (Å²) in [5.74, 6) is 0.818. The Morgan fingerprint density at radius 3 is 3.14 bits per heavy atom. The molecule has 1 aliphatic carbocycles. The Bertz CT molecular complexity index is 274. The molecule has 0 saturated carbocycles. The number of hydrogen-bond acceptors (Lipinski definition) is 3. The predicted octanol–water partition coefficient (Wildman–Crippen LogP) is 1.07. The first-order chi connectivity index (χ1) is 6.75. The summed E-state index contributed by atoms with van der Waals surface area (Å²) < 4.78 is 11.0. The van der Waals surface area contributed by atoms with Crippen LogP contribution in [0.1, 0.15) is 19.8 Å². The third-order valence-electron chi connectivity index (χ3n) is 3.77. The van der Waals surface area contributed by atoms with Crippen LogP contribution in [0.4, 0.5) is 0 Å². The van der Waals surface area contributed by atoms with Crippen LogP contribution >= 0.6 is 0 Å². The molecule has 0 aromatic heterocycles. The van der Waals surface area contributed by atoms with Crippen molar-refractivity contribution in [2.75, 3.05) is 6.61 Å². The van der Waals surface area contributed by atoms with Crippen LogP contribution in [0, 0.1) is 11.8 Å². The maximum absolute atomic E-state index is 10.0. The highest BCUT2D eigenvalue weighted by atomic mass is 16.7. The maximum Gasteiger partial charge on any atom is 0.184 e. The van der Waals surface area contributed by atoms with Crippen molar-refractivity contribution in [3.63, 3.8) is 0 Å². The van der Waals surface area contributed by atoms with Crippen molar-refractivity contribution in [1.82, 2.24) is 0 Å². The lowest BCUT2D eigenvalue weighted by molar-refractivity contribution is -0.194. The molecule has 3 rings (SSSR count). The number of ether oxygens (including phenoxy) is 2. The van der Waals surface area contributed by atoms with Crippen LogP contribution in [0.15, 0.2) is 11.6 Å². The Labute approximate surface area is 83.7 Å². The predicted molar refractivity (Wildman–Crippen MR) is 50.6 cm³/mol. The van der Waals surface area contributed by atoms with Crippen molar-refractivity contribution in [2.24, 2.45) is 11.8 Å². The molecule has 0 amide bonds. The molecule has 2 aliphatic heterocycles. The molecule has 0 spiro atoms. The van der Waals surface area contributed by atoms with Crippen LogP contribution < -0.4 is 0 Å². The van der Waals surface area contributed by atoms with E-state index in [2.05, 4.69) is 13.0 Å². The van der Waals surface area contributed by atoms with Gasteiger partial charge in [-0.1, -0.05) is 11.6 Å². The van der Waals surface area contributed by atoms with Gasteiger partial charge < -0.3 is 14.6 Å². The zero-order valence-electron chi connectivity index (χ0n) is 8.35. The van der Waals surface area contributed by atoms with E-state index in [0.29, 0.717) is 18.4 Å². The van der Waals surface area contributed by atoms with Crippen molar-refractivity contribution < 1.29 is 14.6 Å². The fraction of sp³-hybridized carbons (Fsp3) is 0.818. The van der Waals surface area contributed by atoms with E-state index < -0.39 is 6.10 Å². The fourth-order valence-corrected chi connectivity index (χ4v) is 2.97. The summed E-state index contributed by atoms with van der Waals surface area (Å²) in [7, 11) is 0. The highest BCUT2D eigenvalue weighted by Gasteiger charge is 2.49. The normalized spacial score (nSPS) is 51.3. The number of allylic oxidation sites excluding steroid dienone is 2. The van der Waals surface area contributed by atoms with Gasteiger partial charge in [0.1, 0.15) is 6.10 Å². The van der Waals surface area contributed by atoms with Gasteiger partial charge in [-0.15, -0.1) is 0 Å². The monoisotopic (exact) mass is 196 g/mol. The van der Waals surface area contributed by atoms with Gasteiger partial charge in [0.15, 0.2) is 6.29 Å². The summed E-state index contributed by atoms with van der Waals surface area (Å²) in [6.45, 7) is 2.80. The zero-order chi connectivity index (χ0) is 9.71. The minimum Gasteiger partial charge on any atom is -0.388 e. The number of hydrogen-bond donors (Lipinski definition) is 1. The first kappa shape index (κ1) is 8.89. The van der Waals surface area contributed by atoms with E-state index >= 15 is 0 Å². The molecule has 2 saturated heterocycles. The van der Waals surface area contributed by atoms with Gasteiger partial charge in [-0.2, -0.15) is 0 Å². The second-order valence-corrected chi connectivity index (χ2v) is 4.68. The van der Waals surface area contributed by atoms with E-state index in [-0.39, 0.29) is 12.4 Å². The molecule has 0 unspecified atom stereocenters. The van der Waals surface area contributed by atoms with Crippen molar-refractivity contribution in [1.29, 1.82) is 0 Å². The van der Waals surface area contributed by atoms with Crippen molar-refractivity contribution >= 4 is 0 Å². The first-order valence-corrected chi connectivity index (χ1v) is 5.36.